The van der Waals surface area contributed by atoms with Crippen LogP contribution in [0.5, 0.6) is 0 Å². The van der Waals surface area contributed by atoms with Gasteiger partial charge in [-0.15, -0.1) is 11.6 Å². The molecule has 0 saturated carbocycles. The number of amides is 1. The second kappa shape index (κ2) is 5.74. The predicted octanol–water partition coefficient (Wildman–Crippen LogP) is 3.23. The molecule has 0 radical (unpaired) electrons. The Morgan fingerprint density at radius 1 is 1.29 bits per heavy atom. The number of nitrogens with zero attached hydrogens (tertiary/aromatic N) is 1. The Morgan fingerprint density at radius 3 is 2.65 bits per heavy atom. The fourth-order valence-electron chi connectivity index (χ4n) is 2.28. The number of hydrogen-bond donors (Lipinski definition) is 0. The molecule has 0 aliphatic carbocycles. The number of halogens is 2. The molecule has 1 aliphatic rings. The number of hydrogen-bond acceptors (Lipinski definition) is 1. The van der Waals surface area contributed by atoms with Gasteiger partial charge in [0.15, 0.2) is 0 Å². The number of benzene rings is 1. The van der Waals surface area contributed by atoms with E-state index in [1.165, 1.54) is 9.98 Å². The molecular weight excluding hydrogens is 257 g/mol. The highest BCUT2D eigenvalue weighted by atomic mass is 35.5. The highest BCUT2D eigenvalue weighted by Crippen LogP contribution is 2.31. The van der Waals surface area contributed by atoms with Crippen molar-refractivity contribution >= 4 is 29.3 Å². The highest BCUT2D eigenvalue weighted by molar-refractivity contribution is 6.23. The van der Waals surface area contributed by atoms with Gasteiger partial charge in [0.05, 0.1) is 6.04 Å². The predicted molar refractivity (Wildman–Crippen MR) is 70.1 cm³/mol. The van der Waals surface area contributed by atoms with Crippen molar-refractivity contribution in [3.8, 4) is 0 Å². The minimum atomic E-state index is -0.00428. The van der Waals surface area contributed by atoms with Crippen molar-refractivity contribution in [2.45, 2.75) is 25.3 Å². The molecule has 0 spiro atoms. The van der Waals surface area contributed by atoms with Crippen molar-refractivity contribution in [1.29, 1.82) is 0 Å². The molecule has 1 heterocycles. The molecule has 0 N–H and O–H groups in total. The van der Waals surface area contributed by atoms with Gasteiger partial charge in [-0.3, -0.25) is 9.21 Å². The van der Waals surface area contributed by atoms with E-state index in [0.29, 0.717) is 12.3 Å². The molecule has 2 nitrogen and oxygen atoms in total. The van der Waals surface area contributed by atoms with E-state index in [9.17, 15) is 4.79 Å². The van der Waals surface area contributed by atoms with Crippen molar-refractivity contribution in [3.05, 3.63) is 35.9 Å². The lowest BCUT2D eigenvalue weighted by Crippen LogP contribution is -2.28. The first-order valence-electron chi connectivity index (χ1n) is 5.80. The van der Waals surface area contributed by atoms with E-state index in [1.54, 1.807) is 0 Å². The first-order valence-corrected chi connectivity index (χ1v) is 6.67. The van der Waals surface area contributed by atoms with Gasteiger partial charge in [-0.1, -0.05) is 30.3 Å². The first kappa shape index (κ1) is 12.7. The quantitative estimate of drug-likeness (QED) is 0.608. The van der Waals surface area contributed by atoms with E-state index in [2.05, 4.69) is 12.1 Å². The third kappa shape index (κ3) is 2.93. The SMILES string of the molecule is O=C1CC(CCl)C(CCc2ccccc2)N1Cl. The molecular formula is C13H15Cl2NO. The summed E-state index contributed by atoms with van der Waals surface area (Å²) in [6.07, 6.45) is 2.28. The number of carbonyl (C=O) groups excluding carboxylic acids is 1. The van der Waals surface area contributed by atoms with E-state index in [4.69, 9.17) is 23.4 Å². The summed E-state index contributed by atoms with van der Waals surface area (Å²) in [4.78, 5) is 11.5. The normalized spacial score (nSPS) is 24.4. The number of alkyl halides is 1. The topological polar surface area (TPSA) is 20.3 Å². The summed E-state index contributed by atoms with van der Waals surface area (Å²) >= 11 is 11.9. The Labute approximate surface area is 112 Å². The van der Waals surface area contributed by atoms with Crippen LogP contribution in [0.1, 0.15) is 18.4 Å². The van der Waals surface area contributed by atoms with Crippen LogP contribution < -0.4 is 0 Å². The summed E-state index contributed by atoms with van der Waals surface area (Å²) in [5.74, 6) is 0.676. The largest absolute Gasteiger partial charge is 0.274 e. The monoisotopic (exact) mass is 271 g/mol. The van der Waals surface area contributed by atoms with Gasteiger partial charge < -0.3 is 0 Å². The van der Waals surface area contributed by atoms with Gasteiger partial charge in [0, 0.05) is 30.0 Å². The summed E-state index contributed by atoms with van der Waals surface area (Å²) in [6, 6.07) is 10.3. The molecule has 92 valence electrons. The third-order valence-corrected chi connectivity index (χ3v) is 4.12. The zero-order valence-corrected chi connectivity index (χ0v) is 11.0. The maximum atomic E-state index is 11.5. The molecule has 17 heavy (non-hydrogen) atoms. The fraction of sp³-hybridized carbons (Fsp3) is 0.462. The Hall–Kier alpha value is -0.730. The molecule has 0 aromatic heterocycles. The van der Waals surface area contributed by atoms with Gasteiger partial charge in [0.25, 0.3) is 0 Å². The van der Waals surface area contributed by atoms with E-state index in [0.717, 1.165) is 12.8 Å². The molecule has 1 saturated heterocycles. The van der Waals surface area contributed by atoms with Crippen molar-refractivity contribution < 1.29 is 4.79 Å². The minimum absolute atomic E-state index is 0.00428. The zero-order valence-electron chi connectivity index (χ0n) is 9.48. The third-order valence-electron chi connectivity index (χ3n) is 3.28. The van der Waals surface area contributed by atoms with Crippen LogP contribution >= 0.6 is 23.4 Å². The summed E-state index contributed by atoms with van der Waals surface area (Å²) in [5, 5.41) is 0. The average molecular weight is 272 g/mol. The lowest BCUT2D eigenvalue weighted by Gasteiger charge is -2.21. The molecule has 1 amide bonds. The zero-order chi connectivity index (χ0) is 12.3. The number of carbonyl (C=O) groups is 1. The van der Waals surface area contributed by atoms with Crippen LogP contribution in [0.15, 0.2) is 30.3 Å². The Bertz CT molecular complexity index is 382. The van der Waals surface area contributed by atoms with Crippen molar-refractivity contribution in [2.75, 3.05) is 5.88 Å². The minimum Gasteiger partial charge on any atom is -0.274 e. The van der Waals surface area contributed by atoms with E-state index in [-0.39, 0.29) is 17.9 Å². The second-order valence-electron chi connectivity index (χ2n) is 4.42. The van der Waals surface area contributed by atoms with Crippen LogP contribution in [0.4, 0.5) is 0 Å². The van der Waals surface area contributed by atoms with E-state index < -0.39 is 0 Å². The standard InChI is InChI=1S/C13H15Cl2NO/c14-9-11-8-13(17)16(15)12(11)7-6-10-4-2-1-3-5-10/h1-5,11-12H,6-9H2. The number of rotatable bonds is 4. The van der Waals surface area contributed by atoms with Crippen LogP contribution in [-0.4, -0.2) is 22.2 Å². The summed E-state index contributed by atoms with van der Waals surface area (Å²) in [5.41, 5.74) is 1.27. The summed E-state index contributed by atoms with van der Waals surface area (Å²) < 4.78 is 1.34. The van der Waals surface area contributed by atoms with Crippen molar-refractivity contribution in [3.63, 3.8) is 0 Å². The maximum absolute atomic E-state index is 11.5. The van der Waals surface area contributed by atoms with Gasteiger partial charge in [-0.25, -0.2) is 0 Å². The lowest BCUT2D eigenvalue weighted by molar-refractivity contribution is -0.124. The van der Waals surface area contributed by atoms with Gasteiger partial charge in [-0.05, 0) is 18.4 Å². The van der Waals surface area contributed by atoms with Crippen molar-refractivity contribution in [1.82, 2.24) is 4.42 Å². The molecule has 1 aliphatic heterocycles. The van der Waals surface area contributed by atoms with Crippen LogP contribution in [0.2, 0.25) is 0 Å². The van der Waals surface area contributed by atoms with E-state index >= 15 is 0 Å². The van der Waals surface area contributed by atoms with Crippen LogP contribution in [-0.2, 0) is 11.2 Å². The molecule has 2 unspecified atom stereocenters. The molecule has 1 fully saturated rings. The lowest BCUT2D eigenvalue weighted by atomic mass is 9.96. The summed E-state index contributed by atoms with van der Waals surface area (Å²) in [7, 11) is 0. The molecule has 1 aromatic carbocycles. The molecule has 2 atom stereocenters. The van der Waals surface area contributed by atoms with E-state index in [1.807, 2.05) is 18.2 Å². The Kier molecular flexibility index (Phi) is 4.30. The molecule has 4 heteroatoms. The molecule has 1 aromatic rings. The Balaban J connectivity index is 1.96. The molecule has 2 rings (SSSR count). The fourth-order valence-corrected chi connectivity index (χ4v) is 2.92. The van der Waals surface area contributed by atoms with Crippen LogP contribution in [0.25, 0.3) is 0 Å². The Morgan fingerprint density at radius 2 is 2.00 bits per heavy atom. The maximum Gasteiger partial charge on any atom is 0.237 e. The second-order valence-corrected chi connectivity index (χ2v) is 5.09. The first-order chi connectivity index (χ1) is 8.22. The highest BCUT2D eigenvalue weighted by Gasteiger charge is 2.38. The van der Waals surface area contributed by atoms with Gasteiger partial charge in [0.1, 0.15) is 0 Å². The summed E-state index contributed by atoms with van der Waals surface area (Å²) in [6.45, 7) is 0. The van der Waals surface area contributed by atoms with Crippen molar-refractivity contribution in [2.24, 2.45) is 5.92 Å². The average Bonchev–Trinajstić information content (AvgIpc) is 2.64. The van der Waals surface area contributed by atoms with Crippen LogP contribution in [0.3, 0.4) is 0 Å². The smallest absolute Gasteiger partial charge is 0.237 e. The number of aryl methyl sites for hydroxylation is 1. The van der Waals surface area contributed by atoms with Gasteiger partial charge >= 0.3 is 0 Å². The van der Waals surface area contributed by atoms with Gasteiger partial charge in [-0.2, -0.15) is 0 Å². The molecule has 0 bridgehead atoms. The van der Waals surface area contributed by atoms with Crippen LogP contribution in [0, 0.1) is 5.92 Å². The van der Waals surface area contributed by atoms with Gasteiger partial charge in [0.2, 0.25) is 5.91 Å².